The molecule has 1 atom stereocenters. The SMILES string of the molecule is [C-]#[N+]C(CC(=O)O)C(=O)O.[Li]. The molecule has 0 rings (SSSR count). The number of rotatable bonds is 3. The second-order valence-electron chi connectivity index (χ2n) is 1.58. The second kappa shape index (κ2) is 5.79. The fraction of sp³-hybridized carbons (Fsp3) is 0.400. The largest absolute Gasteiger partial charge is 0.481 e. The van der Waals surface area contributed by atoms with Crippen molar-refractivity contribution in [1.29, 1.82) is 0 Å². The van der Waals surface area contributed by atoms with Crippen molar-refractivity contribution in [2.45, 2.75) is 12.5 Å². The number of carboxylic acid groups (broad SMARTS) is 2. The van der Waals surface area contributed by atoms with Gasteiger partial charge in [0.15, 0.2) is 0 Å². The van der Waals surface area contributed by atoms with Crippen molar-refractivity contribution in [3.8, 4) is 0 Å². The van der Waals surface area contributed by atoms with Gasteiger partial charge in [0.2, 0.25) is 0 Å². The van der Waals surface area contributed by atoms with Crippen LogP contribution in [0.4, 0.5) is 0 Å². The monoisotopic (exact) mass is 150 g/mol. The summed E-state index contributed by atoms with van der Waals surface area (Å²) in [5, 5.41) is 16.2. The topological polar surface area (TPSA) is 79.0 Å². The molecular weight excluding hydrogens is 145 g/mol. The Labute approximate surface area is 75.0 Å². The molecule has 1 radical (unpaired) electrons. The summed E-state index contributed by atoms with van der Waals surface area (Å²) in [6.45, 7) is 6.26. The minimum atomic E-state index is -1.45. The Morgan fingerprint density at radius 2 is 1.91 bits per heavy atom. The van der Waals surface area contributed by atoms with Crippen LogP contribution in [0.5, 0.6) is 0 Å². The zero-order valence-corrected chi connectivity index (χ0v) is 5.94. The van der Waals surface area contributed by atoms with Gasteiger partial charge in [0.25, 0.3) is 0 Å². The maximum Gasteiger partial charge on any atom is 0.388 e. The smallest absolute Gasteiger partial charge is 0.388 e. The third-order valence-electron chi connectivity index (χ3n) is 0.809. The molecule has 0 saturated heterocycles. The molecule has 0 heterocycles. The van der Waals surface area contributed by atoms with Gasteiger partial charge in [0.1, 0.15) is 6.42 Å². The molecule has 0 aliphatic heterocycles. The fourth-order valence-electron chi connectivity index (χ4n) is 0.354. The number of carbonyl (C=O) groups is 2. The van der Waals surface area contributed by atoms with Gasteiger partial charge < -0.3 is 15.1 Å². The minimum Gasteiger partial charge on any atom is -0.481 e. The molecule has 0 fully saturated rings. The van der Waals surface area contributed by atoms with Crippen molar-refractivity contribution in [3.05, 3.63) is 11.4 Å². The third kappa shape index (κ3) is 5.47. The molecule has 1 unspecified atom stereocenters. The van der Waals surface area contributed by atoms with E-state index in [1.54, 1.807) is 0 Å². The molecule has 0 spiro atoms. The van der Waals surface area contributed by atoms with Gasteiger partial charge in [-0.1, -0.05) is 0 Å². The summed E-state index contributed by atoms with van der Waals surface area (Å²) in [5.74, 6) is -2.67. The first-order chi connectivity index (χ1) is 4.57. The van der Waals surface area contributed by atoms with Gasteiger partial charge in [-0.05, 0) is 0 Å². The molecule has 0 saturated carbocycles. The van der Waals surface area contributed by atoms with Crippen molar-refractivity contribution in [3.63, 3.8) is 0 Å². The molecule has 0 aliphatic carbocycles. The average molecular weight is 150 g/mol. The number of nitrogens with zero attached hydrogens (tertiary/aromatic N) is 1. The average Bonchev–Trinajstić information content (AvgIpc) is 1.81. The third-order valence-corrected chi connectivity index (χ3v) is 0.809. The molecule has 0 bridgehead atoms. The Morgan fingerprint density at radius 1 is 1.45 bits per heavy atom. The molecule has 0 amide bonds. The zero-order valence-electron chi connectivity index (χ0n) is 5.94. The molecule has 55 valence electrons. The van der Waals surface area contributed by atoms with E-state index in [1.807, 2.05) is 0 Å². The molecule has 11 heavy (non-hydrogen) atoms. The van der Waals surface area contributed by atoms with Crippen LogP contribution in [-0.2, 0) is 9.59 Å². The number of carboxylic acids is 2. The number of hydrogen-bond donors (Lipinski definition) is 2. The van der Waals surface area contributed by atoms with Crippen LogP contribution in [0, 0.1) is 6.57 Å². The first-order valence-electron chi connectivity index (χ1n) is 2.39. The Kier molecular flexibility index (Phi) is 6.67. The van der Waals surface area contributed by atoms with Crippen molar-refractivity contribution in [2.24, 2.45) is 0 Å². The summed E-state index contributed by atoms with van der Waals surface area (Å²) in [6, 6.07) is -1.45. The van der Waals surface area contributed by atoms with Gasteiger partial charge in [-0.3, -0.25) is 4.79 Å². The summed E-state index contributed by atoms with van der Waals surface area (Å²) in [5.41, 5.74) is 0. The van der Waals surface area contributed by atoms with Crippen molar-refractivity contribution >= 4 is 30.8 Å². The summed E-state index contributed by atoms with van der Waals surface area (Å²) < 4.78 is 0. The predicted octanol–water partition coefficient (Wildman–Crippen LogP) is -0.547. The summed E-state index contributed by atoms with van der Waals surface area (Å²) in [7, 11) is 0. The fourth-order valence-corrected chi connectivity index (χ4v) is 0.354. The maximum absolute atomic E-state index is 9.99. The molecular formula is C5H5LiNO4. The van der Waals surface area contributed by atoms with E-state index >= 15 is 0 Å². The summed E-state index contributed by atoms with van der Waals surface area (Å²) >= 11 is 0. The van der Waals surface area contributed by atoms with Gasteiger partial charge in [0.05, 0.1) is 0 Å². The van der Waals surface area contributed by atoms with E-state index in [2.05, 4.69) is 4.85 Å². The van der Waals surface area contributed by atoms with E-state index < -0.39 is 24.4 Å². The van der Waals surface area contributed by atoms with Crippen molar-refractivity contribution in [1.82, 2.24) is 0 Å². The van der Waals surface area contributed by atoms with Crippen LogP contribution in [0.25, 0.3) is 4.85 Å². The number of hydrogen-bond acceptors (Lipinski definition) is 2. The van der Waals surface area contributed by atoms with Crippen molar-refractivity contribution < 1.29 is 19.8 Å². The van der Waals surface area contributed by atoms with Gasteiger partial charge in [0, 0.05) is 18.9 Å². The van der Waals surface area contributed by atoms with Crippen LogP contribution in [0.1, 0.15) is 6.42 Å². The maximum atomic E-state index is 9.99. The molecule has 0 aliphatic rings. The van der Waals surface area contributed by atoms with Gasteiger partial charge in [-0.2, -0.15) is 0 Å². The first-order valence-corrected chi connectivity index (χ1v) is 2.39. The molecule has 6 heteroatoms. The Hall–Kier alpha value is -0.973. The first kappa shape index (κ1) is 12.7. The van der Waals surface area contributed by atoms with Crippen LogP contribution in [0.3, 0.4) is 0 Å². The predicted molar refractivity (Wildman–Crippen MR) is 36.0 cm³/mol. The van der Waals surface area contributed by atoms with E-state index in [9.17, 15) is 9.59 Å². The van der Waals surface area contributed by atoms with Gasteiger partial charge >= 0.3 is 18.0 Å². The van der Waals surface area contributed by atoms with Crippen molar-refractivity contribution in [2.75, 3.05) is 0 Å². The standard InChI is InChI=1S/C5H5NO4.Li/c1-6-3(5(9)10)2-4(7)8;/h3H,2H2,(H,7,8)(H,9,10);. The van der Waals surface area contributed by atoms with E-state index in [0.29, 0.717) is 0 Å². The molecule has 0 aromatic heterocycles. The van der Waals surface area contributed by atoms with Crippen LogP contribution in [-0.4, -0.2) is 47.1 Å². The Balaban J connectivity index is 0. The molecule has 2 N–H and O–H groups in total. The quantitative estimate of drug-likeness (QED) is 0.418. The van der Waals surface area contributed by atoms with E-state index in [1.165, 1.54) is 0 Å². The number of aliphatic carboxylic acids is 2. The summed E-state index contributed by atoms with van der Waals surface area (Å²) in [6.07, 6.45) is -0.640. The second-order valence-corrected chi connectivity index (χ2v) is 1.58. The molecule has 0 aromatic rings. The minimum absolute atomic E-state index is 0. The van der Waals surface area contributed by atoms with Crippen LogP contribution in [0.2, 0.25) is 0 Å². The van der Waals surface area contributed by atoms with Gasteiger partial charge in [-0.15, -0.1) is 0 Å². The van der Waals surface area contributed by atoms with E-state index in [0.717, 1.165) is 0 Å². The zero-order chi connectivity index (χ0) is 8.15. The Morgan fingerprint density at radius 3 is 2.00 bits per heavy atom. The molecule has 0 aromatic carbocycles. The molecule has 5 nitrogen and oxygen atoms in total. The van der Waals surface area contributed by atoms with Crippen LogP contribution in [0.15, 0.2) is 0 Å². The Bertz CT molecular complexity index is 197. The van der Waals surface area contributed by atoms with E-state index in [-0.39, 0.29) is 18.9 Å². The normalized spacial score (nSPS) is 10.5. The summed E-state index contributed by atoms with van der Waals surface area (Å²) in [4.78, 5) is 22.5. The van der Waals surface area contributed by atoms with Crippen LogP contribution >= 0.6 is 0 Å². The van der Waals surface area contributed by atoms with Crippen LogP contribution < -0.4 is 0 Å². The van der Waals surface area contributed by atoms with E-state index in [4.69, 9.17) is 16.8 Å². The van der Waals surface area contributed by atoms with Gasteiger partial charge in [-0.25, -0.2) is 11.4 Å².